The molecule has 0 aliphatic rings. The first kappa shape index (κ1) is 20.4. The molecule has 0 saturated carbocycles. The van der Waals surface area contributed by atoms with E-state index in [1.165, 1.54) is 0 Å². The maximum absolute atomic E-state index is 12.9. The van der Waals surface area contributed by atoms with E-state index in [0.29, 0.717) is 34.3 Å². The topological polar surface area (TPSA) is 59.8 Å². The molecule has 6 heteroatoms. The Morgan fingerprint density at radius 2 is 1.84 bits per heavy atom. The zero-order valence-electron chi connectivity index (χ0n) is 16.8. The molecule has 0 saturated heterocycles. The molecule has 1 amide bonds. The van der Waals surface area contributed by atoms with E-state index < -0.39 is 0 Å². The van der Waals surface area contributed by atoms with E-state index in [9.17, 15) is 4.79 Å². The fourth-order valence-electron chi connectivity index (χ4n) is 3.11. The Morgan fingerprint density at radius 3 is 2.61 bits per heavy atom. The predicted octanol–water partition coefficient (Wildman–Crippen LogP) is 4.94. The van der Waals surface area contributed by atoms with Crippen molar-refractivity contribution in [3.8, 4) is 11.8 Å². The number of aryl methyl sites for hydroxylation is 1. The standard InChI is InChI=1S/C25H19ClN4O/c1-18-23(24(26)30(29-18)17-20-8-3-2-4-9-20)25(31)28-22-12-7-10-19(16-22)13-14-21-11-5-6-15-27-21/h2-12,15-16H,17H2,1H3,(H,28,31). The van der Waals surface area contributed by atoms with Crippen LogP contribution in [0.1, 0.15) is 32.9 Å². The van der Waals surface area contributed by atoms with E-state index in [0.717, 1.165) is 11.1 Å². The number of pyridine rings is 1. The molecular formula is C25H19ClN4O. The predicted molar refractivity (Wildman–Crippen MR) is 122 cm³/mol. The molecule has 152 valence electrons. The third kappa shape index (κ3) is 5.00. The SMILES string of the molecule is Cc1nn(Cc2ccccc2)c(Cl)c1C(=O)Nc1cccc(C#Cc2ccccn2)c1. The van der Waals surface area contributed by atoms with Crippen LogP contribution in [0, 0.1) is 18.8 Å². The number of anilines is 1. The first-order chi connectivity index (χ1) is 15.1. The van der Waals surface area contributed by atoms with Gasteiger partial charge in [-0.25, -0.2) is 9.67 Å². The molecule has 4 aromatic rings. The van der Waals surface area contributed by atoms with Gasteiger partial charge in [-0.3, -0.25) is 4.79 Å². The van der Waals surface area contributed by atoms with Gasteiger partial charge in [0.05, 0.1) is 17.8 Å². The Morgan fingerprint density at radius 1 is 1.03 bits per heavy atom. The summed E-state index contributed by atoms with van der Waals surface area (Å²) in [4.78, 5) is 17.1. The number of carbonyl (C=O) groups is 1. The number of halogens is 1. The third-order valence-electron chi connectivity index (χ3n) is 4.59. The maximum Gasteiger partial charge on any atom is 0.260 e. The smallest absolute Gasteiger partial charge is 0.260 e. The number of benzene rings is 2. The second-order valence-electron chi connectivity index (χ2n) is 6.89. The molecular weight excluding hydrogens is 408 g/mol. The van der Waals surface area contributed by atoms with Crippen molar-refractivity contribution in [2.45, 2.75) is 13.5 Å². The Hall–Kier alpha value is -3.88. The van der Waals surface area contributed by atoms with Crippen LogP contribution in [-0.4, -0.2) is 20.7 Å². The van der Waals surface area contributed by atoms with Crippen LogP contribution in [0.5, 0.6) is 0 Å². The van der Waals surface area contributed by atoms with Gasteiger partial charge in [0.2, 0.25) is 0 Å². The van der Waals surface area contributed by atoms with Gasteiger partial charge in [-0.05, 0) is 48.7 Å². The molecule has 0 unspecified atom stereocenters. The van der Waals surface area contributed by atoms with Crippen molar-refractivity contribution in [1.82, 2.24) is 14.8 Å². The van der Waals surface area contributed by atoms with Crippen molar-refractivity contribution in [2.24, 2.45) is 0 Å². The van der Waals surface area contributed by atoms with Crippen LogP contribution < -0.4 is 5.32 Å². The van der Waals surface area contributed by atoms with Crippen LogP contribution in [0.25, 0.3) is 0 Å². The number of aromatic nitrogens is 3. The highest BCUT2D eigenvalue weighted by Gasteiger charge is 2.20. The lowest BCUT2D eigenvalue weighted by atomic mass is 10.2. The molecule has 0 atom stereocenters. The molecule has 0 radical (unpaired) electrons. The number of carbonyl (C=O) groups excluding carboxylic acids is 1. The van der Waals surface area contributed by atoms with Gasteiger partial charge >= 0.3 is 0 Å². The number of amides is 1. The summed E-state index contributed by atoms with van der Waals surface area (Å²) >= 11 is 6.50. The third-order valence-corrected chi connectivity index (χ3v) is 4.97. The lowest BCUT2D eigenvalue weighted by Gasteiger charge is -2.06. The van der Waals surface area contributed by atoms with E-state index in [-0.39, 0.29) is 5.91 Å². The molecule has 2 aromatic heterocycles. The second-order valence-corrected chi connectivity index (χ2v) is 7.25. The van der Waals surface area contributed by atoms with Crippen molar-refractivity contribution in [3.05, 3.63) is 112 Å². The molecule has 4 rings (SSSR count). The van der Waals surface area contributed by atoms with Crippen molar-refractivity contribution in [2.75, 3.05) is 5.32 Å². The van der Waals surface area contributed by atoms with Gasteiger partial charge in [0.15, 0.2) is 0 Å². The van der Waals surface area contributed by atoms with Gasteiger partial charge in [-0.2, -0.15) is 5.10 Å². The van der Waals surface area contributed by atoms with Crippen LogP contribution in [-0.2, 0) is 6.54 Å². The zero-order valence-corrected chi connectivity index (χ0v) is 17.6. The normalized spacial score (nSPS) is 10.3. The quantitative estimate of drug-likeness (QED) is 0.470. The molecule has 0 aliphatic carbocycles. The highest BCUT2D eigenvalue weighted by molar-refractivity contribution is 6.33. The number of rotatable bonds is 4. The molecule has 0 spiro atoms. The fourth-order valence-corrected chi connectivity index (χ4v) is 3.43. The monoisotopic (exact) mass is 426 g/mol. The summed E-state index contributed by atoms with van der Waals surface area (Å²) in [6.07, 6.45) is 1.70. The lowest BCUT2D eigenvalue weighted by molar-refractivity contribution is 0.102. The molecule has 0 fully saturated rings. The highest BCUT2D eigenvalue weighted by Crippen LogP contribution is 2.22. The Balaban J connectivity index is 1.52. The first-order valence-electron chi connectivity index (χ1n) is 9.71. The van der Waals surface area contributed by atoms with Gasteiger partial charge in [0.25, 0.3) is 5.91 Å². The molecule has 2 aromatic carbocycles. The van der Waals surface area contributed by atoms with E-state index >= 15 is 0 Å². The van der Waals surface area contributed by atoms with Crippen LogP contribution in [0.4, 0.5) is 5.69 Å². The summed E-state index contributed by atoms with van der Waals surface area (Å²) in [6, 6.07) is 22.8. The number of nitrogens with zero attached hydrogens (tertiary/aromatic N) is 3. The molecule has 2 heterocycles. The van der Waals surface area contributed by atoms with Crippen LogP contribution >= 0.6 is 11.6 Å². The number of nitrogens with one attached hydrogen (secondary N) is 1. The van der Waals surface area contributed by atoms with Gasteiger partial charge in [-0.15, -0.1) is 0 Å². The minimum Gasteiger partial charge on any atom is -0.322 e. The van der Waals surface area contributed by atoms with E-state index in [1.54, 1.807) is 17.8 Å². The van der Waals surface area contributed by atoms with Crippen molar-refractivity contribution < 1.29 is 4.79 Å². The van der Waals surface area contributed by atoms with E-state index in [2.05, 4.69) is 27.2 Å². The molecule has 0 bridgehead atoms. The molecule has 5 nitrogen and oxygen atoms in total. The second kappa shape index (κ2) is 9.29. The van der Waals surface area contributed by atoms with Crippen molar-refractivity contribution in [1.29, 1.82) is 0 Å². The van der Waals surface area contributed by atoms with E-state index in [1.807, 2.05) is 72.8 Å². The molecule has 0 aliphatic heterocycles. The van der Waals surface area contributed by atoms with Crippen molar-refractivity contribution in [3.63, 3.8) is 0 Å². The van der Waals surface area contributed by atoms with Crippen molar-refractivity contribution >= 4 is 23.2 Å². The summed E-state index contributed by atoms with van der Waals surface area (Å²) in [5.74, 6) is 5.76. The van der Waals surface area contributed by atoms with Crippen LogP contribution in [0.15, 0.2) is 79.0 Å². The minimum absolute atomic E-state index is 0.309. The largest absolute Gasteiger partial charge is 0.322 e. The lowest BCUT2D eigenvalue weighted by Crippen LogP contribution is -2.13. The molecule has 1 N–H and O–H groups in total. The zero-order chi connectivity index (χ0) is 21.6. The average molecular weight is 427 g/mol. The fraction of sp³-hybridized carbons (Fsp3) is 0.0800. The summed E-state index contributed by atoms with van der Waals surface area (Å²) < 4.78 is 1.63. The summed E-state index contributed by atoms with van der Waals surface area (Å²) in [7, 11) is 0. The maximum atomic E-state index is 12.9. The van der Waals surface area contributed by atoms with E-state index in [4.69, 9.17) is 11.6 Å². The van der Waals surface area contributed by atoms with Gasteiger partial charge in [0.1, 0.15) is 10.8 Å². The average Bonchev–Trinajstić information content (AvgIpc) is 3.07. The van der Waals surface area contributed by atoms with Gasteiger partial charge in [-0.1, -0.05) is 60.0 Å². The Labute approximate surface area is 185 Å². The molecule has 31 heavy (non-hydrogen) atoms. The van der Waals surface area contributed by atoms with Crippen LogP contribution in [0.2, 0.25) is 5.15 Å². The minimum atomic E-state index is -0.309. The Kier molecular flexibility index (Phi) is 6.11. The summed E-state index contributed by atoms with van der Waals surface area (Å²) in [5, 5.41) is 7.65. The Bertz CT molecular complexity index is 1270. The van der Waals surface area contributed by atoms with Gasteiger partial charge < -0.3 is 5.32 Å². The van der Waals surface area contributed by atoms with Gasteiger partial charge in [0, 0.05) is 17.4 Å². The highest BCUT2D eigenvalue weighted by atomic mass is 35.5. The number of hydrogen-bond acceptors (Lipinski definition) is 3. The first-order valence-corrected chi connectivity index (χ1v) is 10.1. The van der Waals surface area contributed by atoms with Crippen LogP contribution in [0.3, 0.4) is 0 Å². The summed E-state index contributed by atoms with van der Waals surface area (Å²) in [6.45, 7) is 2.27. The number of hydrogen-bond donors (Lipinski definition) is 1. The summed E-state index contributed by atoms with van der Waals surface area (Å²) in [5.41, 5.74) is 4.07.